The quantitative estimate of drug-likeness (QED) is 0.168. The van der Waals surface area contributed by atoms with Gasteiger partial charge in [0.05, 0.1) is 0 Å². The molecule has 0 spiro atoms. The highest BCUT2D eigenvalue weighted by atomic mass is 15.1. The lowest BCUT2D eigenvalue weighted by Crippen LogP contribution is -2.15. The van der Waals surface area contributed by atoms with Gasteiger partial charge in [0.2, 0.25) is 0 Å². The van der Waals surface area contributed by atoms with E-state index in [-0.39, 0.29) is 5.41 Å². The molecule has 1 nitrogen and oxygen atoms in total. The summed E-state index contributed by atoms with van der Waals surface area (Å²) in [5.41, 5.74) is 16.2. The van der Waals surface area contributed by atoms with Gasteiger partial charge in [-0.1, -0.05) is 178 Å². The molecule has 0 aliphatic heterocycles. The Balaban J connectivity index is 1.18. The molecule has 0 saturated heterocycles. The predicted octanol–water partition coefficient (Wildman–Crippen LogP) is 14.8. The molecule has 0 unspecified atom stereocenters. The first-order valence-electron chi connectivity index (χ1n) is 18.9. The first kappa shape index (κ1) is 32.0. The largest absolute Gasteiger partial charge is 0.310 e. The maximum absolute atomic E-state index is 2.39. The van der Waals surface area contributed by atoms with E-state index in [1.165, 1.54) is 77.2 Å². The molecule has 0 fully saturated rings. The van der Waals surface area contributed by atoms with Gasteiger partial charge in [-0.2, -0.15) is 0 Å². The van der Waals surface area contributed by atoms with Crippen molar-refractivity contribution in [1.29, 1.82) is 0 Å². The van der Waals surface area contributed by atoms with Crippen LogP contribution >= 0.6 is 0 Å². The molecule has 256 valence electrons. The zero-order chi connectivity index (χ0) is 36.2. The summed E-state index contributed by atoms with van der Waals surface area (Å²) < 4.78 is 0. The maximum atomic E-state index is 2.39. The topological polar surface area (TPSA) is 3.24 Å². The van der Waals surface area contributed by atoms with Crippen molar-refractivity contribution in [3.8, 4) is 44.5 Å². The smallest absolute Gasteiger partial charge is 0.0468 e. The third-order valence-electron chi connectivity index (χ3n) is 11.4. The van der Waals surface area contributed by atoms with E-state index in [2.05, 4.69) is 219 Å². The van der Waals surface area contributed by atoms with Crippen molar-refractivity contribution < 1.29 is 0 Å². The van der Waals surface area contributed by atoms with Crippen LogP contribution in [-0.2, 0) is 5.41 Å². The third kappa shape index (κ3) is 5.16. The van der Waals surface area contributed by atoms with Gasteiger partial charge >= 0.3 is 0 Å². The summed E-state index contributed by atoms with van der Waals surface area (Å²) in [6.07, 6.45) is 0. The average molecular weight is 690 g/mol. The molecule has 0 N–H and O–H groups in total. The zero-order valence-corrected chi connectivity index (χ0v) is 30.5. The highest BCUT2D eigenvalue weighted by molar-refractivity contribution is 6.14. The van der Waals surface area contributed by atoms with Crippen molar-refractivity contribution in [1.82, 2.24) is 0 Å². The molecule has 1 aliphatic carbocycles. The number of anilines is 3. The van der Waals surface area contributed by atoms with E-state index in [9.17, 15) is 0 Å². The van der Waals surface area contributed by atoms with Gasteiger partial charge in [-0.3, -0.25) is 0 Å². The Morgan fingerprint density at radius 1 is 0.352 bits per heavy atom. The molecular weight excluding hydrogens is 651 g/mol. The second kappa shape index (κ2) is 12.8. The summed E-state index contributed by atoms with van der Waals surface area (Å²) in [5, 5.41) is 5.06. The predicted molar refractivity (Wildman–Crippen MR) is 230 cm³/mol. The molecule has 0 radical (unpaired) electrons. The van der Waals surface area contributed by atoms with E-state index in [1.807, 2.05) is 0 Å². The number of fused-ring (bicyclic) bond motifs is 6. The van der Waals surface area contributed by atoms with Crippen LogP contribution in [-0.4, -0.2) is 0 Å². The number of hydrogen-bond acceptors (Lipinski definition) is 1. The van der Waals surface area contributed by atoms with Crippen molar-refractivity contribution >= 4 is 38.6 Å². The highest BCUT2D eigenvalue weighted by Crippen LogP contribution is 2.58. The molecular formula is C53H39N. The van der Waals surface area contributed by atoms with Crippen LogP contribution in [0.3, 0.4) is 0 Å². The average Bonchev–Trinajstić information content (AvgIpc) is 3.48. The molecule has 0 heterocycles. The van der Waals surface area contributed by atoms with Crippen LogP contribution in [0.5, 0.6) is 0 Å². The number of hydrogen-bond donors (Lipinski definition) is 0. The van der Waals surface area contributed by atoms with Crippen molar-refractivity contribution in [2.24, 2.45) is 0 Å². The van der Waals surface area contributed by atoms with Gasteiger partial charge in [0.25, 0.3) is 0 Å². The molecule has 0 saturated carbocycles. The number of nitrogens with zero attached hydrogens (tertiary/aromatic N) is 1. The Morgan fingerprint density at radius 3 is 1.56 bits per heavy atom. The highest BCUT2D eigenvalue weighted by Gasteiger charge is 2.39. The molecule has 0 bridgehead atoms. The summed E-state index contributed by atoms with van der Waals surface area (Å²) in [5.74, 6) is 0. The standard InChI is InChI=1S/C53H39N/c1-53(2)48-24-14-13-23-47(48)51-50(39-18-7-4-8-19-39)49(45-21-11-12-22-46(45)52(51)53)40-28-32-43(33-29-40)54(44-34-27-37-17-9-10-20-41(37)35-44)42-30-25-38(26-31-42)36-15-5-3-6-16-36/h3-35H,1-2H3. The molecule has 9 aromatic carbocycles. The molecule has 1 aliphatic rings. The molecule has 9 aromatic rings. The van der Waals surface area contributed by atoms with Gasteiger partial charge in [-0.15, -0.1) is 0 Å². The van der Waals surface area contributed by atoms with Crippen molar-refractivity contribution in [3.05, 3.63) is 211 Å². The van der Waals surface area contributed by atoms with Crippen LogP contribution in [0, 0.1) is 0 Å². The third-order valence-corrected chi connectivity index (χ3v) is 11.4. The van der Waals surface area contributed by atoms with Gasteiger partial charge in [-0.05, 0) is 114 Å². The van der Waals surface area contributed by atoms with Crippen molar-refractivity contribution in [2.45, 2.75) is 19.3 Å². The fourth-order valence-electron chi connectivity index (χ4n) is 8.90. The van der Waals surface area contributed by atoms with Gasteiger partial charge in [-0.25, -0.2) is 0 Å². The van der Waals surface area contributed by atoms with Gasteiger partial charge in [0.1, 0.15) is 0 Å². The molecule has 0 amide bonds. The number of rotatable bonds is 6. The van der Waals surface area contributed by atoms with E-state index in [1.54, 1.807) is 0 Å². The molecule has 0 atom stereocenters. The van der Waals surface area contributed by atoms with Gasteiger partial charge in [0.15, 0.2) is 0 Å². The Bertz CT molecular complexity index is 2810. The monoisotopic (exact) mass is 689 g/mol. The second-order valence-corrected chi connectivity index (χ2v) is 14.9. The Labute approximate surface area is 317 Å². The minimum Gasteiger partial charge on any atom is -0.310 e. The van der Waals surface area contributed by atoms with Crippen LogP contribution < -0.4 is 4.90 Å². The van der Waals surface area contributed by atoms with Crippen molar-refractivity contribution in [3.63, 3.8) is 0 Å². The van der Waals surface area contributed by atoms with E-state index in [4.69, 9.17) is 0 Å². The molecule has 0 aromatic heterocycles. The summed E-state index contributed by atoms with van der Waals surface area (Å²) in [6.45, 7) is 4.78. The first-order valence-corrected chi connectivity index (χ1v) is 18.9. The fraction of sp³-hybridized carbons (Fsp3) is 0.0566. The first-order chi connectivity index (χ1) is 26.6. The van der Waals surface area contributed by atoms with Gasteiger partial charge < -0.3 is 4.90 Å². The van der Waals surface area contributed by atoms with E-state index >= 15 is 0 Å². The summed E-state index contributed by atoms with van der Waals surface area (Å²) >= 11 is 0. The lowest BCUT2D eigenvalue weighted by atomic mass is 9.77. The summed E-state index contributed by atoms with van der Waals surface area (Å²) in [7, 11) is 0. The van der Waals surface area contributed by atoms with Crippen LogP contribution in [0.15, 0.2) is 200 Å². The van der Waals surface area contributed by atoms with E-state index < -0.39 is 0 Å². The van der Waals surface area contributed by atoms with Crippen LogP contribution in [0.2, 0.25) is 0 Å². The van der Waals surface area contributed by atoms with Crippen molar-refractivity contribution in [2.75, 3.05) is 4.90 Å². The lowest BCUT2D eigenvalue weighted by Gasteiger charge is -2.27. The normalized spacial score (nSPS) is 12.8. The lowest BCUT2D eigenvalue weighted by molar-refractivity contribution is 0.666. The molecule has 54 heavy (non-hydrogen) atoms. The molecule has 1 heteroatoms. The summed E-state index contributed by atoms with van der Waals surface area (Å²) in [6, 6.07) is 73.2. The van der Waals surface area contributed by atoms with Crippen LogP contribution in [0.1, 0.15) is 25.0 Å². The van der Waals surface area contributed by atoms with Crippen LogP contribution in [0.25, 0.3) is 66.1 Å². The Hall–Kier alpha value is -6.70. The van der Waals surface area contributed by atoms with Gasteiger partial charge in [0, 0.05) is 22.5 Å². The fourth-order valence-corrected chi connectivity index (χ4v) is 8.90. The Morgan fingerprint density at radius 2 is 0.852 bits per heavy atom. The SMILES string of the molecule is CC1(C)c2ccccc2-c2c(-c3ccccc3)c(-c3ccc(N(c4ccc(-c5ccccc5)cc4)c4ccc5ccccc5c4)cc3)c3ccccc3c21. The number of benzene rings is 9. The maximum Gasteiger partial charge on any atom is 0.0468 e. The van der Waals surface area contributed by atoms with E-state index in [0.29, 0.717) is 0 Å². The minimum absolute atomic E-state index is 0.131. The van der Waals surface area contributed by atoms with Crippen LogP contribution in [0.4, 0.5) is 17.1 Å². The minimum atomic E-state index is -0.131. The molecule has 10 rings (SSSR count). The second-order valence-electron chi connectivity index (χ2n) is 14.9. The Kier molecular flexibility index (Phi) is 7.56. The zero-order valence-electron chi connectivity index (χ0n) is 30.5. The van der Waals surface area contributed by atoms with E-state index in [0.717, 1.165) is 17.1 Å². The summed E-state index contributed by atoms with van der Waals surface area (Å²) in [4.78, 5) is 2.38.